The van der Waals surface area contributed by atoms with Crippen LogP contribution in [-0.4, -0.2) is 89.8 Å². The van der Waals surface area contributed by atoms with Gasteiger partial charge in [0.15, 0.2) is 36.1 Å². The number of nitrogens with zero attached hydrogens (tertiary/aromatic N) is 1. The van der Waals surface area contributed by atoms with E-state index in [4.69, 9.17) is 28.4 Å². The molecule has 0 radical (unpaired) electrons. The first-order valence-corrected chi connectivity index (χ1v) is 14.6. The predicted octanol–water partition coefficient (Wildman–Crippen LogP) is 2.01. The van der Waals surface area contributed by atoms with Crippen molar-refractivity contribution >= 4 is 11.9 Å². The van der Waals surface area contributed by atoms with Gasteiger partial charge in [-0.3, -0.25) is 9.59 Å². The summed E-state index contributed by atoms with van der Waals surface area (Å²) in [7, 11) is 1.37. The number of nitrogens with one attached hydrogen (secondary N) is 1. The molecule has 2 aromatic rings. The Bertz CT molecular complexity index is 1200. The highest BCUT2D eigenvalue weighted by molar-refractivity contribution is 5.96. The quantitative estimate of drug-likeness (QED) is 0.201. The van der Waals surface area contributed by atoms with Crippen molar-refractivity contribution in [3.63, 3.8) is 0 Å². The van der Waals surface area contributed by atoms with Crippen LogP contribution in [0.1, 0.15) is 50.7 Å². The molecule has 1 saturated heterocycles. The largest absolute Gasteiger partial charge is 0.493 e. The molecule has 1 aliphatic rings. The average Bonchev–Trinajstić information content (AvgIpc) is 3.03. The third-order valence-electron chi connectivity index (χ3n) is 7.07. The number of pyridine rings is 1. The molecule has 1 aliphatic heterocycles. The van der Waals surface area contributed by atoms with Crippen LogP contribution in [0.5, 0.6) is 11.5 Å². The van der Waals surface area contributed by atoms with Crippen LogP contribution in [0.15, 0.2) is 42.6 Å². The van der Waals surface area contributed by atoms with Gasteiger partial charge >= 0.3 is 5.97 Å². The molecular formula is C31H44N2O11. The minimum absolute atomic E-state index is 0.0871. The Kier molecular flexibility index (Phi) is 13.3. The number of methoxy groups -OCH3 is 1. The predicted molar refractivity (Wildman–Crippen MR) is 156 cm³/mol. The van der Waals surface area contributed by atoms with Crippen molar-refractivity contribution in [2.24, 2.45) is 17.8 Å². The number of carbonyl (C=O) groups is 2. The first-order chi connectivity index (χ1) is 20.9. The van der Waals surface area contributed by atoms with Crippen molar-refractivity contribution in [3.05, 3.63) is 53.9 Å². The number of esters is 1. The second-order valence-electron chi connectivity index (χ2n) is 11.2. The fourth-order valence-corrected chi connectivity index (χ4v) is 4.50. The monoisotopic (exact) mass is 620 g/mol. The number of rotatable bonds is 12. The lowest BCUT2D eigenvalue weighted by molar-refractivity contribution is -0.245. The SMILES string of the molecule is COc1ccnc(C(=O)N[C@H]2COC(O)[C@H](Cc3ccccc3)[C@@H](OC(O)C(C)C)[C@H](C)OC2O)c1OCOC(=O)C(C)C. The van der Waals surface area contributed by atoms with Crippen LogP contribution in [0.3, 0.4) is 0 Å². The van der Waals surface area contributed by atoms with E-state index in [1.165, 1.54) is 19.4 Å². The number of hydrogen-bond acceptors (Lipinski definition) is 12. The summed E-state index contributed by atoms with van der Waals surface area (Å²) < 4.78 is 33.6. The molecule has 1 aromatic carbocycles. The van der Waals surface area contributed by atoms with E-state index >= 15 is 0 Å². The number of carbonyl (C=O) groups excluding carboxylic acids is 2. The van der Waals surface area contributed by atoms with E-state index in [1.807, 2.05) is 30.3 Å². The number of hydrogen-bond donors (Lipinski definition) is 4. The van der Waals surface area contributed by atoms with Crippen LogP contribution in [-0.2, 0) is 30.2 Å². The molecule has 4 N–H and O–H groups in total. The summed E-state index contributed by atoms with van der Waals surface area (Å²) in [6.07, 6.45) is -4.32. The Morgan fingerprint density at radius 1 is 1.09 bits per heavy atom. The molecule has 0 spiro atoms. The second-order valence-corrected chi connectivity index (χ2v) is 11.2. The summed E-state index contributed by atoms with van der Waals surface area (Å²) in [6.45, 7) is 7.70. The maximum atomic E-state index is 13.4. The van der Waals surface area contributed by atoms with Crippen LogP contribution in [0.4, 0.5) is 0 Å². The van der Waals surface area contributed by atoms with Gasteiger partial charge in [0.25, 0.3) is 5.91 Å². The van der Waals surface area contributed by atoms with Gasteiger partial charge in [-0.25, -0.2) is 4.98 Å². The fraction of sp³-hybridized carbons (Fsp3) is 0.581. The van der Waals surface area contributed by atoms with Gasteiger partial charge in [-0.2, -0.15) is 0 Å². The Balaban J connectivity index is 1.84. The number of aliphatic hydroxyl groups is 3. The second kappa shape index (κ2) is 16.7. The minimum atomic E-state index is -1.61. The lowest BCUT2D eigenvalue weighted by Gasteiger charge is -2.36. The molecule has 1 amide bonds. The van der Waals surface area contributed by atoms with Gasteiger partial charge in [0.1, 0.15) is 6.04 Å². The Morgan fingerprint density at radius 3 is 2.43 bits per heavy atom. The zero-order valence-corrected chi connectivity index (χ0v) is 25.9. The molecule has 1 fully saturated rings. The van der Waals surface area contributed by atoms with Crippen molar-refractivity contribution in [2.75, 3.05) is 20.5 Å². The summed E-state index contributed by atoms with van der Waals surface area (Å²) in [5.41, 5.74) is 0.675. The van der Waals surface area contributed by atoms with Crippen molar-refractivity contribution in [2.45, 2.75) is 78.2 Å². The Labute approximate surface area is 257 Å². The summed E-state index contributed by atoms with van der Waals surface area (Å²) in [4.78, 5) is 29.4. The van der Waals surface area contributed by atoms with Gasteiger partial charge in [-0.05, 0) is 18.9 Å². The maximum absolute atomic E-state index is 13.4. The van der Waals surface area contributed by atoms with Crippen LogP contribution in [0.25, 0.3) is 0 Å². The summed E-state index contributed by atoms with van der Waals surface area (Å²) in [5, 5.41) is 35.5. The number of aliphatic hydroxyl groups excluding tert-OH is 3. The van der Waals surface area contributed by atoms with E-state index in [2.05, 4.69) is 10.3 Å². The highest BCUT2D eigenvalue weighted by Gasteiger charge is 2.41. The molecule has 13 heteroatoms. The molecular weight excluding hydrogens is 576 g/mol. The highest BCUT2D eigenvalue weighted by Crippen LogP contribution is 2.31. The zero-order valence-electron chi connectivity index (χ0n) is 25.9. The van der Waals surface area contributed by atoms with E-state index < -0.39 is 61.7 Å². The van der Waals surface area contributed by atoms with Crippen molar-refractivity contribution in [1.29, 1.82) is 0 Å². The number of amides is 1. The van der Waals surface area contributed by atoms with Crippen molar-refractivity contribution in [3.8, 4) is 11.5 Å². The highest BCUT2D eigenvalue weighted by atomic mass is 16.7. The summed E-state index contributed by atoms with van der Waals surface area (Å²) in [6, 6.07) is 9.68. The standard InChI is InChI=1S/C31H44N2O11/c1-17(2)28(35)42-16-41-26-23(39-6)12-13-32-24(26)27(34)33-22-15-40-30(37)21(14-20-10-8-7-9-11-20)25(19(5)43-31(22)38)44-29(36)18(3)4/h7-13,17-19,21-22,25,29-31,36-38H,14-16H2,1-6H3,(H,33,34)/t19-,21+,22-,25-,29?,30?,31?/m0/s1. The summed E-state index contributed by atoms with van der Waals surface area (Å²) in [5.74, 6) is -2.57. The van der Waals surface area contributed by atoms with E-state index in [0.717, 1.165) is 5.56 Å². The molecule has 0 aliphatic carbocycles. The minimum Gasteiger partial charge on any atom is -0.493 e. The number of aromatic nitrogens is 1. The van der Waals surface area contributed by atoms with Gasteiger partial charge in [0.2, 0.25) is 6.79 Å². The van der Waals surface area contributed by atoms with Gasteiger partial charge in [-0.1, -0.05) is 58.0 Å². The molecule has 3 rings (SSSR count). The summed E-state index contributed by atoms with van der Waals surface area (Å²) >= 11 is 0. The van der Waals surface area contributed by atoms with E-state index in [9.17, 15) is 24.9 Å². The Morgan fingerprint density at radius 2 is 1.80 bits per heavy atom. The van der Waals surface area contributed by atoms with Crippen LogP contribution in [0.2, 0.25) is 0 Å². The van der Waals surface area contributed by atoms with Gasteiger partial charge in [0, 0.05) is 24.1 Å². The molecule has 0 bridgehead atoms. The number of benzene rings is 1. The molecule has 2 heterocycles. The van der Waals surface area contributed by atoms with Crippen LogP contribution < -0.4 is 14.8 Å². The zero-order chi connectivity index (χ0) is 32.4. The molecule has 3 unspecified atom stereocenters. The van der Waals surface area contributed by atoms with E-state index in [1.54, 1.807) is 34.6 Å². The van der Waals surface area contributed by atoms with Crippen LogP contribution >= 0.6 is 0 Å². The third kappa shape index (κ3) is 9.58. The van der Waals surface area contributed by atoms with Crippen molar-refractivity contribution in [1.82, 2.24) is 10.3 Å². The number of ether oxygens (including phenoxy) is 6. The van der Waals surface area contributed by atoms with Crippen molar-refractivity contribution < 1.29 is 53.3 Å². The molecule has 1 aromatic heterocycles. The van der Waals surface area contributed by atoms with E-state index in [-0.39, 0.29) is 35.6 Å². The molecule has 0 saturated carbocycles. The normalized spacial score (nSPS) is 25.0. The molecule has 7 atom stereocenters. The van der Waals surface area contributed by atoms with E-state index in [0.29, 0.717) is 6.42 Å². The van der Waals surface area contributed by atoms with Gasteiger partial charge < -0.3 is 49.1 Å². The third-order valence-corrected chi connectivity index (χ3v) is 7.07. The molecule has 44 heavy (non-hydrogen) atoms. The molecule has 244 valence electrons. The first kappa shape index (κ1) is 35.2. The Hall–Kier alpha value is -3.33. The van der Waals surface area contributed by atoms with Gasteiger partial charge in [-0.15, -0.1) is 0 Å². The van der Waals surface area contributed by atoms with Gasteiger partial charge in [0.05, 0.1) is 31.8 Å². The topological polar surface area (TPSA) is 175 Å². The fourth-order valence-electron chi connectivity index (χ4n) is 4.50. The lowest BCUT2D eigenvalue weighted by Crippen LogP contribution is -2.49. The maximum Gasteiger partial charge on any atom is 0.311 e. The smallest absolute Gasteiger partial charge is 0.311 e. The first-order valence-electron chi connectivity index (χ1n) is 14.6. The molecule has 13 nitrogen and oxygen atoms in total. The lowest BCUT2D eigenvalue weighted by atomic mass is 9.90. The average molecular weight is 621 g/mol. The van der Waals surface area contributed by atoms with Crippen LogP contribution in [0, 0.1) is 17.8 Å².